The normalized spacial score (nSPS) is 12.5. The molecule has 66 valence electrons. The summed E-state index contributed by atoms with van der Waals surface area (Å²) in [5.74, 6) is -0.202. The molecule has 0 heterocycles. The Morgan fingerprint density at radius 3 is 2.92 bits per heavy atom. The minimum absolute atomic E-state index is 0.160. The van der Waals surface area contributed by atoms with Crippen molar-refractivity contribution >= 4 is 17.6 Å². The number of carbonyl (C=O) groups excluding carboxylic acids is 1. The molecule has 3 heteroatoms. The van der Waals surface area contributed by atoms with Crippen LogP contribution in [0.25, 0.3) is 11.6 Å². The van der Waals surface area contributed by atoms with Crippen LogP contribution < -0.4 is 0 Å². The van der Waals surface area contributed by atoms with Crippen LogP contribution in [0.5, 0.6) is 5.75 Å². The van der Waals surface area contributed by atoms with E-state index < -0.39 is 0 Å². The summed E-state index contributed by atoms with van der Waals surface area (Å²) in [6, 6.07) is 4.90. The standard InChI is InChI=1S/C10H8O3/c1-13-10(12)9-4-6-2-3-7(11)5-8(6)9/h2-5,11H,1H3. The van der Waals surface area contributed by atoms with Gasteiger partial charge in [0.15, 0.2) is 0 Å². The van der Waals surface area contributed by atoms with Crippen LogP contribution in [0.15, 0.2) is 18.2 Å². The monoisotopic (exact) mass is 176 g/mol. The molecule has 3 nitrogen and oxygen atoms in total. The molecule has 1 aliphatic rings. The molecular weight excluding hydrogens is 168 g/mol. The molecule has 1 aliphatic carbocycles. The number of hydrogen-bond donors (Lipinski definition) is 1. The third kappa shape index (κ3) is 1.09. The molecule has 0 saturated carbocycles. The van der Waals surface area contributed by atoms with Crippen molar-refractivity contribution in [3.05, 3.63) is 29.3 Å². The maximum Gasteiger partial charge on any atom is 0.338 e. The SMILES string of the molecule is COC(=O)C1=Cc2ccc(O)cc21. The Kier molecular flexibility index (Phi) is 1.59. The number of phenolic OH excluding ortho intramolecular Hbond substituents is 1. The lowest BCUT2D eigenvalue weighted by molar-refractivity contribution is -0.133. The van der Waals surface area contributed by atoms with Crippen LogP contribution >= 0.6 is 0 Å². The molecule has 0 aliphatic heterocycles. The molecule has 0 radical (unpaired) electrons. The first-order valence-electron chi connectivity index (χ1n) is 3.86. The second-order valence-corrected chi connectivity index (χ2v) is 2.82. The smallest absolute Gasteiger partial charge is 0.338 e. The van der Waals surface area contributed by atoms with Gasteiger partial charge >= 0.3 is 5.97 Å². The molecule has 1 N–H and O–H groups in total. The number of esters is 1. The number of aromatic hydroxyl groups is 1. The Bertz CT molecular complexity index is 405. The number of carbonyl (C=O) groups is 1. The Labute approximate surface area is 75.3 Å². The minimum atomic E-state index is -0.363. The van der Waals surface area contributed by atoms with Crippen molar-refractivity contribution in [3.63, 3.8) is 0 Å². The highest BCUT2D eigenvalue weighted by atomic mass is 16.5. The summed E-state index contributed by atoms with van der Waals surface area (Å²) in [7, 11) is 1.34. The first kappa shape index (κ1) is 7.86. The van der Waals surface area contributed by atoms with Crippen LogP contribution in [0.3, 0.4) is 0 Å². The molecule has 1 aromatic carbocycles. The van der Waals surface area contributed by atoms with E-state index in [1.54, 1.807) is 24.3 Å². The van der Waals surface area contributed by atoms with Crippen molar-refractivity contribution in [1.82, 2.24) is 0 Å². The zero-order chi connectivity index (χ0) is 9.42. The average Bonchev–Trinajstić information content (AvgIpc) is 2.10. The first-order chi connectivity index (χ1) is 6.22. The third-order valence-corrected chi connectivity index (χ3v) is 2.03. The lowest BCUT2D eigenvalue weighted by Gasteiger charge is -2.17. The van der Waals surface area contributed by atoms with Crippen LogP contribution in [0.2, 0.25) is 0 Å². The van der Waals surface area contributed by atoms with E-state index in [0.29, 0.717) is 5.57 Å². The van der Waals surface area contributed by atoms with Crippen molar-refractivity contribution < 1.29 is 14.6 Å². The van der Waals surface area contributed by atoms with Crippen LogP contribution in [-0.4, -0.2) is 18.2 Å². The van der Waals surface area contributed by atoms with Gasteiger partial charge in [-0.15, -0.1) is 0 Å². The average molecular weight is 176 g/mol. The number of ether oxygens (including phenoxy) is 1. The van der Waals surface area contributed by atoms with Gasteiger partial charge in [-0.1, -0.05) is 6.07 Å². The highest BCUT2D eigenvalue weighted by Crippen LogP contribution is 2.35. The second-order valence-electron chi connectivity index (χ2n) is 2.82. The summed E-state index contributed by atoms with van der Waals surface area (Å²) in [4.78, 5) is 11.1. The van der Waals surface area contributed by atoms with Crippen molar-refractivity contribution in [2.75, 3.05) is 7.11 Å². The molecule has 0 fully saturated rings. The van der Waals surface area contributed by atoms with E-state index in [9.17, 15) is 4.79 Å². The molecule has 0 unspecified atom stereocenters. The largest absolute Gasteiger partial charge is 0.508 e. The van der Waals surface area contributed by atoms with Gasteiger partial charge in [-0.3, -0.25) is 0 Å². The van der Waals surface area contributed by atoms with E-state index >= 15 is 0 Å². The molecule has 13 heavy (non-hydrogen) atoms. The van der Waals surface area contributed by atoms with E-state index in [1.165, 1.54) is 7.11 Å². The Morgan fingerprint density at radius 2 is 2.23 bits per heavy atom. The van der Waals surface area contributed by atoms with Gasteiger partial charge in [0, 0.05) is 0 Å². The summed E-state index contributed by atoms with van der Waals surface area (Å²) in [5.41, 5.74) is 2.23. The Balaban J connectivity index is 2.37. The molecule has 0 amide bonds. The fourth-order valence-electron chi connectivity index (χ4n) is 1.34. The molecular formula is C10H8O3. The highest BCUT2D eigenvalue weighted by molar-refractivity contribution is 6.27. The topological polar surface area (TPSA) is 46.5 Å². The molecule has 1 aromatic rings. The molecule has 0 atom stereocenters. The quantitative estimate of drug-likeness (QED) is 0.658. The fraction of sp³-hybridized carbons (Fsp3) is 0.100. The van der Waals surface area contributed by atoms with Crippen molar-refractivity contribution in [2.24, 2.45) is 0 Å². The van der Waals surface area contributed by atoms with Gasteiger partial charge in [0.05, 0.1) is 12.7 Å². The predicted octanol–water partition coefficient (Wildman–Crippen LogP) is 1.42. The number of benzene rings is 1. The summed E-state index contributed by atoms with van der Waals surface area (Å²) in [5, 5.41) is 9.16. The number of hydrogen-bond acceptors (Lipinski definition) is 3. The molecule has 0 bridgehead atoms. The Morgan fingerprint density at radius 1 is 1.46 bits per heavy atom. The zero-order valence-electron chi connectivity index (χ0n) is 7.07. The van der Waals surface area contributed by atoms with Gasteiger partial charge in [-0.05, 0) is 29.3 Å². The van der Waals surface area contributed by atoms with Crippen LogP contribution in [-0.2, 0) is 9.53 Å². The van der Waals surface area contributed by atoms with Gasteiger partial charge in [0.25, 0.3) is 0 Å². The van der Waals surface area contributed by atoms with E-state index in [4.69, 9.17) is 5.11 Å². The molecule has 0 saturated heterocycles. The van der Waals surface area contributed by atoms with Crippen LogP contribution in [0, 0.1) is 0 Å². The summed E-state index contributed by atoms with van der Waals surface area (Å²) in [6.45, 7) is 0. The first-order valence-corrected chi connectivity index (χ1v) is 3.86. The molecule has 2 rings (SSSR count). The van der Waals surface area contributed by atoms with E-state index in [-0.39, 0.29) is 11.7 Å². The maximum atomic E-state index is 11.1. The second kappa shape index (κ2) is 2.62. The summed E-state index contributed by atoms with van der Waals surface area (Å²) < 4.78 is 4.56. The number of fused-ring (bicyclic) bond motifs is 1. The van der Waals surface area contributed by atoms with Gasteiger partial charge < -0.3 is 9.84 Å². The van der Waals surface area contributed by atoms with Gasteiger partial charge in [-0.25, -0.2) is 4.79 Å². The summed E-state index contributed by atoms with van der Waals surface area (Å²) >= 11 is 0. The predicted molar refractivity (Wildman–Crippen MR) is 48.0 cm³/mol. The van der Waals surface area contributed by atoms with E-state index in [1.807, 2.05) is 0 Å². The molecule has 0 spiro atoms. The number of rotatable bonds is 1. The van der Waals surface area contributed by atoms with Crippen molar-refractivity contribution in [2.45, 2.75) is 0 Å². The zero-order valence-corrected chi connectivity index (χ0v) is 7.07. The highest BCUT2D eigenvalue weighted by Gasteiger charge is 2.23. The lowest BCUT2D eigenvalue weighted by Crippen LogP contribution is -2.10. The van der Waals surface area contributed by atoms with Gasteiger partial charge in [0.1, 0.15) is 5.75 Å². The Hall–Kier alpha value is -1.77. The maximum absolute atomic E-state index is 11.1. The molecule has 0 aromatic heterocycles. The van der Waals surface area contributed by atoms with Gasteiger partial charge in [0.2, 0.25) is 0 Å². The van der Waals surface area contributed by atoms with Gasteiger partial charge in [-0.2, -0.15) is 0 Å². The number of phenols is 1. The van der Waals surface area contributed by atoms with E-state index in [2.05, 4.69) is 4.74 Å². The van der Waals surface area contributed by atoms with Crippen LogP contribution in [0.4, 0.5) is 0 Å². The van der Waals surface area contributed by atoms with Crippen molar-refractivity contribution in [1.29, 1.82) is 0 Å². The van der Waals surface area contributed by atoms with E-state index in [0.717, 1.165) is 11.1 Å². The van der Waals surface area contributed by atoms with Crippen LogP contribution in [0.1, 0.15) is 11.1 Å². The van der Waals surface area contributed by atoms with Crippen molar-refractivity contribution in [3.8, 4) is 5.75 Å². The third-order valence-electron chi connectivity index (χ3n) is 2.03. The summed E-state index contributed by atoms with van der Waals surface area (Å²) in [6.07, 6.45) is 1.74. The lowest BCUT2D eigenvalue weighted by atomic mass is 9.88. The fourth-order valence-corrected chi connectivity index (χ4v) is 1.34. The number of methoxy groups -OCH3 is 1. The minimum Gasteiger partial charge on any atom is -0.508 e.